The van der Waals surface area contributed by atoms with Crippen molar-refractivity contribution in [2.45, 2.75) is 26.3 Å². The van der Waals surface area contributed by atoms with E-state index in [1.54, 1.807) is 0 Å². The Labute approximate surface area is 98.7 Å². The van der Waals surface area contributed by atoms with Gasteiger partial charge in [0.1, 0.15) is 0 Å². The Hall–Kier alpha value is -1.02. The smallest absolute Gasteiger partial charge is 0.0429 e. The zero-order chi connectivity index (χ0) is 11.5. The first-order valence-corrected chi connectivity index (χ1v) is 6.18. The Morgan fingerprint density at radius 2 is 2.12 bits per heavy atom. The fraction of sp³-hybridized carbons (Fsp3) is 0.571. The number of likely N-dealkylation sites (N-methyl/N-ethyl adjacent to an activating group) is 1. The third-order valence-corrected chi connectivity index (χ3v) is 3.05. The van der Waals surface area contributed by atoms with Crippen molar-refractivity contribution in [2.24, 2.45) is 5.92 Å². The van der Waals surface area contributed by atoms with Crippen LogP contribution >= 0.6 is 0 Å². The topological polar surface area (TPSA) is 15.3 Å². The van der Waals surface area contributed by atoms with Gasteiger partial charge in [-0.05, 0) is 31.0 Å². The summed E-state index contributed by atoms with van der Waals surface area (Å²) >= 11 is 0. The number of fused-ring (bicyclic) bond motifs is 1. The minimum atomic E-state index is 0.584. The van der Waals surface area contributed by atoms with E-state index in [0.29, 0.717) is 6.04 Å². The van der Waals surface area contributed by atoms with E-state index in [-0.39, 0.29) is 0 Å². The molecule has 0 aromatic heterocycles. The predicted molar refractivity (Wildman–Crippen MR) is 69.9 cm³/mol. The van der Waals surface area contributed by atoms with E-state index in [0.717, 1.165) is 12.5 Å². The molecule has 1 aromatic rings. The Morgan fingerprint density at radius 3 is 2.81 bits per heavy atom. The number of para-hydroxylation sites is 1. The molecule has 0 amide bonds. The highest BCUT2D eigenvalue weighted by Crippen LogP contribution is 2.25. The second-order valence-corrected chi connectivity index (χ2v) is 5.32. The fourth-order valence-corrected chi connectivity index (χ4v) is 2.56. The highest BCUT2D eigenvalue weighted by Gasteiger charge is 2.20. The first kappa shape index (κ1) is 11.5. The predicted octanol–water partition coefficient (Wildman–Crippen LogP) is 2.61. The molecular weight excluding hydrogens is 196 g/mol. The van der Waals surface area contributed by atoms with Crippen LogP contribution in [0.3, 0.4) is 0 Å². The minimum Gasteiger partial charge on any atom is -0.380 e. The number of anilines is 1. The molecule has 0 radical (unpaired) electrons. The summed E-state index contributed by atoms with van der Waals surface area (Å²) in [6.07, 6.45) is 1.17. The van der Waals surface area contributed by atoms with Crippen molar-refractivity contribution < 1.29 is 0 Å². The molecule has 1 aromatic carbocycles. The third-order valence-electron chi connectivity index (χ3n) is 3.05. The van der Waals surface area contributed by atoms with Crippen molar-refractivity contribution >= 4 is 5.69 Å². The molecule has 2 rings (SSSR count). The van der Waals surface area contributed by atoms with Gasteiger partial charge in [0.15, 0.2) is 0 Å². The SMILES string of the molecule is CC(C)CN(C)CC1Cc2ccccc2N1. The number of rotatable bonds is 4. The zero-order valence-electron chi connectivity index (χ0n) is 10.5. The summed E-state index contributed by atoms with van der Waals surface area (Å²) in [5.74, 6) is 0.744. The lowest BCUT2D eigenvalue weighted by atomic mass is 10.1. The van der Waals surface area contributed by atoms with Crippen LogP contribution in [-0.4, -0.2) is 31.1 Å². The highest BCUT2D eigenvalue weighted by molar-refractivity contribution is 5.56. The lowest BCUT2D eigenvalue weighted by molar-refractivity contribution is 0.285. The normalized spacial score (nSPS) is 18.9. The number of hydrogen-bond acceptors (Lipinski definition) is 2. The Kier molecular flexibility index (Phi) is 3.49. The van der Waals surface area contributed by atoms with Gasteiger partial charge in [-0.15, -0.1) is 0 Å². The second kappa shape index (κ2) is 4.88. The van der Waals surface area contributed by atoms with Crippen LogP contribution in [0.1, 0.15) is 19.4 Å². The third kappa shape index (κ3) is 2.76. The molecule has 0 aliphatic carbocycles. The molecule has 2 heteroatoms. The number of hydrogen-bond donors (Lipinski definition) is 1. The molecule has 88 valence electrons. The van der Waals surface area contributed by atoms with E-state index in [1.807, 2.05) is 0 Å². The van der Waals surface area contributed by atoms with Crippen molar-refractivity contribution in [2.75, 3.05) is 25.5 Å². The van der Waals surface area contributed by atoms with E-state index in [2.05, 4.69) is 55.4 Å². The van der Waals surface area contributed by atoms with Crippen LogP contribution in [0.25, 0.3) is 0 Å². The van der Waals surface area contributed by atoms with Crippen molar-refractivity contribution in [3.63, 3.8) is 0 Å². The van der Waals surface area contributed by atoms with Gasteiger partial charge in [0, 0.05) is 24.8 Å². The Bertz CT molecular complexity index is 321. The lowest BCUT2D eigenvalue weighted by Crippen LogP contribution is -2.35. The minimum absolute atomic E-state index is 0.584. The van der Waals surface area contributed by atoms with Gasteiger partial charge >= 0.3 is 0 Å². The number of nitrogens with one attached hydrogen (secondary N) is 1. The van der Waals surface area contributed by atoms with Gasteiger partial charge in [-0.25, -0.2) is 0 Å². The average molecular weight is 218 g/mol. The summed E-state index contributed by atoms with van der Waals surface area (Å²) < 4.78 is 0. The standard InChI is InChI=1S/C14H22N2/c1-11(2)9-16(3)10-13-8-12-6-4-5-7-14(12)15-13/h4-7,11,13,15H,8-10H2,1-3H3. The number of benzene rings is 1. The second-order valence-electron chi connectivity index (χ2n) is 5.32. The molecule has 1 heterocycles. The first-order chi connectivity index (χ1) is 7.65. The molecule has 16 heavy (non-hydrogen) atoms. The van der Waals surface area contributed by atoms with Gasteiger partial charge in [-0.1, -0.05) is 32.0 Å². The maximum absolute atomic E-state index is 3.60. The van der Waals surface area contributed by atoms with Crippen LogP contribution in [-0.2, 0) is 6.42 Å². The van der Waals surface area contributed by atoms with E-state index >= 15 is 0 Å². The Morgan fingerprint density at radius 1 is 1.38 bits per heavy atom. The summed E-state index contributed by atoms with van der Waals surface area (Å²) in [6.45, 7) is 6.85. The molecule has 0 saturated carbocycles. The molecule has 0 saturated heterocycles. The summed E-state index contributed by atoms with van der Waals surface area (Å²) in [7, 11) is 2.21. The molecule has 1 aliphatic heterocycles. The van der Waals surface area contributed by atoms with Crippen LogP contribution in [0.5, 0.6) is 0 Å². The van der Waals surface area contributed by atoms with Crippen LogP contribution in [0.4, 0.5) is 5.69 Å². The lowest BCUT2D eigenvalue weighted by Gasteiger charge is -2.23. The molecular formula is C14H22N2. The molecule has 2 nitrogen and oxygen atoms in total. The van der Waals surface area contributed by atoms with Crippen LogP contribution in [0.15, 0.2) is 24.3 Å². The van der Waals surface area contributed by atoms with Crippen molar-refractivity contribution in [3.8, 4) is 0 Å². The number of nitrogens with zero attached hydrogens (tertiary/aromatic N) is 1. The summed E-state index contributed by atoms with van der Waals surface area (Å²) in [5.41, 5.74) is 2.79. The van der Waals surface area contributed by atoms with E-state index in [4.69, 9.17) is 0 Å². The molecule has 0 spiro atoms. The fourth-order valence-electron chi connectivity index (χ4n) is 2.56. The van der Waals surface area contributed by atoms with Crippen LogP contribution in [0, 0.1) is 5.92 Å². The van der Waals surface area contributed by atoms with Gasteiger partial charge < -0.3 is 10.2 Å². The summed E-state index contributed by atoms with van der Waals surface area (Å²) in [6, 6.07) is 9.22. The quantitative estimate of drug-likeness (QED) is 0.835. The van der Waals surface area contributed by atoms with Crippen molar-refractivity contribution in [1.82, 2.24) is 4.90 Å². The van der Waals surface area contributed by atoms with E-state index in [9.17, 15) is 0 Å². The van der Waals surface area contributed by atoms with Gasteiger partial charge in [-0.3, -0.25) is 0 Å². The highest BCUT2D eigenvalue weighted by atomic mass is 15.1. The maximum atomic E-state index is 3.60. The molecule has 1 unspecified atom stereocenters. The molecule has 1 atom stereocenters. The van der Waals surface area contributed by atoms with Crippen LogP contribution in [0.2, 0.25) is 0 Å². The summed E-state index contributed by atoms with van der Waals surface area (Å²) in [4.78, 5) is 2.42. The van der Waals surface area contributed by atoms with Gasteiger partial charge in [0.05, 0.1) is 0 Å². The first-order valence-electron chi connectivity index (χ1n) is 6.18. The molecule has 0 bridgehead atoms. The largest absolute Gasteiger partial charge is 0.380 e. The Balaban J connectivity index is 1.87. The molecule has 1 aliphatic rings. The van der Waals surface area contributed by atoms with Gasteiger partial charge in [0.25, 0.3) is 0 Å². The van der Waals surface area contributed by atoms with Crippen molar-refractivity contribution in [1.29, 1.82) is 0 Å². The van der Waals surface area contributed by atoms with E-state index in [1.165, 1.54) is 24.2 Å². The molecule has 1 N–H and O–H groups in total. The van der Waals surface area contributed by atoms with Gasteiger partial charge in [-0.2, -0.15) is 0 Å². The summed E-state index contributed by atoms with van der Waals surface area (Å²) in [5, 5.41) is 3.60. The van der Waals surface area contributed by atoms with Crippen molar-refractivity contribution in [3.05, 3.63) is 29.8 Å². The van der Waals surface area contributed by atoms with Gasteiger partial charge in [0.2, 0.25) is 0 Å². The van der Waals surface area contributed by atoms with E-state index < -0.39 is 0 Å². The maximum Gasteiger partial charge on any atom is 0.0429 e. The average Bonchev–Trinajstić information content (AvgIpc) is 2.57. The zero-order valence-corrected chi connectivity index (χ0v) is 10.5. The monoisotopic (exact) mass is 218 g/mol. The van der Waals surface area contributed by atoms with Crippen LogP contribution < -0.4 is 5.32 Å². The molecule has 0 fully saturated rings.